The minimum Gasteiger partial charge on any atom is -0.322 e. The van der Waals surface area contributed by atoms with E-state index in [1.54, 1.807) is 6.92 Å². The fourth-order valence-electron chi connectivity index (χ4n) is 2.85. The van der Waals surface area contributed by atoms with Crippen molar-refractivity contribution in [1.82, 2.24) is 0 Å². The summed E-state index contributed by atoms with van der Waals surface area (Å²) in [5.41, 5.74) is 0.534. The van der Waals surface area contributed by atoms with Crippen molar-refractivity contribution in [1.29, 1.82) is 0 Å². The molecule has 172 valence electrons. The number of aryl methyl sites for hydroxylation is 1. The van der Waals surface area contributed by atoms with Gasteiger partial charge in [-0.2, -0.15) is 8.78 Å². The topological polar surface area (TPSA) is 118 Å². The molecule has 0 aliphatic rings. The van der Waals surface area contributed by atoms with Gasteiger partial charge in [0.1, 0.15) is 0 Å². The Bertz CT molecular complexity index is 1300. The SMILES string of the molecule is Cc1ccc(NC(=O)c2cccc([N+](=O)[O-])c2)cc1S(=O)(=O)Nc1ccc(SC(F)F)cc1. The Labute approximate surface area is 192 Å². The van der Waals surface area contributed by atoms with E-state index in [0.29, 0.717) is 17.3 Å². The molecule has 3 aromatic carbocycles. The molecule has 2 N–H and O–H groups in total. The Hall–Kier alpha value is -3.51. The first-order chi connectivity index (χ1) is 15.5. The fraction of sp³-hybridized carbons (Fsp3) is 0.0952. The Kier molecular flexibility index (Phi) is 7.29. The third kappa shape index (κ3) is 6.26. The molecule has 0 aliphatic heterocycles. The number of carbonyl (C=O) groups is 1. The molecule has 0 radical (unpaired) electrons. The molecule has 3 aromatic rings. The van der Waals surface area contributed by atoms with Crippen molar-refractivity contribution in [3.8, 4) is 0 Å². The van der Waals surface area contributed by atoms with Crippen LogP contribution in [-0.2, 0) is 10.0 Å². The summed E-state index contributed by atoms with van der Waals surface area (Å²) >= 11 is 0.344. The Morgan fingerprint density at radius 1 is 1.03 bits per heavy atom. The van der Waals surface area contributed by atoms with Gasteiger partial charge in [0, 0.05) is 34.0 Å². The van der Waals surface area contributed by atoms with Gasteiger partial charge in [0.15, 0.2) is 0 Å². The molecule has 0 saturated heterocycles. The van der Waals surface area contributed by atoms with Gasteiger partial charge >= 0.3 is 0 Å². The van der Waals surface area contributed by atoms with Gasteiger partial charge in [0.2, 0.25) is 0 Å². The van der Waals surface area contributed by atoms with Gasteiger partial charge in [-0.25, -0.2) is 8.42 Å². The lowest BCUT2D eigenvalue weighted by Crippen LogP contribution is -2.16. The van der Waals surface area contributed by atoms with Crippen LogP contribution in [-0.4, -0.2) is 25.0 Å². The number of carbonyl (C=O) groups excluding carboxylic acids is 1. The zero-order chi connectivity index (χ0) is 24.2. The number of hydrogen-bond donors (Lipinski definition) is 2. The van der Waals surface area contributed by atoms with Crippen molar-refractivity contribution in [2.75, 3.05) is 10.0 Å². The maximum absolute atomic E-state index is 12.9. The number of nitro benzene ring substituents is 1. The van der Waals surface area contributed by atoms with Gasteiger partial charge in [0.25, 0.3) is 27.4 Å². The monoisotopic (exact) mass is 493 g/mol. The highest BCUT2D eigenvalue weighted by Crippen LogP contribution is 2.28. The van der Waals surface area contributed by atoms with E-state index in [4.69, 9.17) is 0 Å². The molecule has 0 atom stereocenters. The number of thioether (sulfide) groups is 1. The van der Waals surface area contributed by atoms with Crippen LogP contribution in [0.4, 0.5) is 25.8 Å². The van der Waals surface area contributed by atoms with Crippen molar-refractivity contribution < 1.29 is 26.9 Å². The number of anilines is 2. The molecule has 1 amide bonds. The number of amides is 1. The summed E-state index contributed by atoms with van der Waals surface area (Å²) in [4.78, 5) is 22.9. The standard InChI is InChI=1S/C21H17F2N3O5S2/c1-13-5-6-16(24-20(27)14-3-2-4-17(11-14)26(28)29)12-19(13)33(30,31)25-15-7-9-18(10-8-15)32-21(22)23/h2-12,21,25H,1H3,(H,24,27). The van der Waals surface area contributed by atoms with Crippen LogP contribution < -0.4 is 10.0 Å². The van der Waals surface area contributed by atoms with Gasteiger partial charge in [0.05, 0.1) is 9.82 Å². The Morgan fingerprint density at radius 2 is 1.70 bits per heavy atom. The molecule has 0 aromatic heterocycles. The minimum absolute atomic E-state index is 0.0362. The van der Waals surface area contributed by atoms with Crippen molar-refractivity contribution in [2.24, 2.45) is 0 Å². The Morgan fingerprint density at radius 3 is 2.33 bits per heavy atom. The highest BCUT2D eigenvalue weighted by molar-refractivity contribution is 7.99. The smallest absolute Gasteiger partial charge is 0.288 e. The van der Waals surface area contributed by atoms with E-state index in [9.17, 15) is 32.1 Å². The molecule has 0 heterocycles. The third-order valence-corrected chi connectivity index (χ3v) is 6.63. The summed E-state index contributed by atoms with van der Waals surface area (Å²) in [5, 5.41) is 13.4. The minimum atomic E-state index is -4.07. The number of nitrogens with one attached hydrogen (secondary N) is 2. The molecular formula is C21H17F2N3O5S2. The number of halogens is 2. The summed E-state index contributed by atoms with van der Waals surface area (Å²) in [6, 6.07) is 14.9. The van der Waals surface area contributed by atoms with E-state index in [0.717, 1.165) is 6.07 Å². The van der Waals surface area contributed by atoms with Crippen LogP contribution in [0.25, 0.3) is 0 Å². The molecule has 0 unspecified atom stereocenters. The highest BCUT2D eigenvalue weighted by Gasteiger charge is 2.19. The second kappa shape index (κ2) is 9.96. The summed E-state index contributed by atoms with van der Waals surface area (Å²) in [6.07, 6.45) is 0. The lowest BCUT2D eigenvalue weighted by molar-refractivity contribution is -0.384. The lowest BCUT2D eigenvalue weighted by Gasteiger charge is -2.13. The molecule has 0 bridgehead atoms. The zero-order valence-corrected chi connectivity index (χ0v) is 18.6. The molecule has 33 heavy (non-hydrogen) atoms. The van der Waals surface area contributed by atoms with Crippen LogP contribution >= 0.6 is 11.8 Å². The number of rotatable bonds is 8. The van der Waals surface area contributed by atoms with Crippen LogP contribution in [0.15, 0.2) is 76.5 Å². The molecule has 0 saturated carbocycles. The summed E-state index contributed by atoms with van der Waals surface area (Å²) in [6.45, 7) is 1.57. The molecule has 3 rings (SSSR count). The maximum Gasteiger partial charge on any atom is 0.288 e. The average molecular weight is 494 g/mol. The van der Waals surface area contributed by atoms with E-state index < -0.39 is 26.6 Å². The third-order valence-electron chi connectivity index (χ3n) is 4.39. The largest absolute Gasteiger partial charge is 0.322 e. The number of alkyl halides is 2. The zero-order valence-electron chi connectivity index (χ0n) is 17.0. The number of nitro groups is 1. The Balaban J connectivity index is 1.80. The molecule has 0 spiro atoms. The van der Waals surface area contributed by atoms with Crippen LogP contribution in [0.3, 0.4) is 0 Å². The predicted octanol–water partition coefficient (Wildman–Crippen LogP) is 5.27. The highest BCUT2D eigenvalue weighted by atomic mass is 32.2. The van der Waals surface area contributed by atoms with Gasteiger partial charge in [-0.15, -0.1) is 0 Å². The summed E-state index contributed by atoms with van der Waals surface area (Å²) < 4.78 is 53.0. The second-order valence-corrected chi connectivity index (χ2v) is 9.46. The van der Waals surface area contributed by atoms with E-state index >= 15 is 0 Å². The van der Waals surface area contributed by atoms with Crippen LogP contribution in [0.2, 0.25) is 0 Å². The van der Waals surface area contributed by atoms with E-state index in [-0.39, 0.29) is 32.4 Å². The van der Waals surface area contributed by atoms with E-state index in [1.807, 2.05) is 0 Å². The second-order valence-electron chi connectivity index (χ2n) is 6.75. The van der Waals surface area contributed by atoms with E-state index in [2.05, 4.69) is 10.0 Å². The maximum atomic E-state index is 12.9. The number of benzene rings is 3. The van der Waals surface area contributed by atoms with E-state index in [1.165, 1.54) is 60.7 Å². The van der Waals surface area contributed by atoms with Crippen molar-refractivity contribution in [2.45, 2.75) is 22.5 Å². The molecular weight excluding hydrogens is 476 g/mol. The number of non-ortho nitro benzene ring substituents is 1. The molecule has 0 aliphatic carbocycles. The molecule has 12 heteroatoms. The average Bonchev–Trinajstić information content (AvgIpc) is 2.76. The van der Waals surface area contributed by atoms with Crippen LogP contribution in [0, 0.1) is 17.0 Å². The van der Waals surface area contributed by atoms with Crippen LogP contribution in [0.1, 0.15) is 15.9 Å². The number of sulfonamides is 1. The van der Waals surface area contributed by atoms with Gasteiger partial charge in [-0.05, 0) is 55.0 Å². The van der Waals surface area contributed by atoms with Gasteiger partial charge < -0.3 is 5.32 Å². The predicted molar refractivity (Wildman–Crippen MR) is 121 cm³/mol. The first-order valence-electron chi connectivity index (χ1n) is 9.29. The lowest BCUT2D eigenvalue weighted by atomic mass is 10.1. The fourth-order valence-corrected chi connectivity index (χ4v) is 4.68. The normalized spacial score (nSPS) is 11.3. The summed E-state index contributed by atoms with van der Waals surface area (Å²) in [7, 11) is -4.07. The first kappa shape index (κ1) is 24.1. The first-order valence-corrected chi connectivity index (χ1v) is 11.7. The number of hydrogen-bond acceptors (Lipinski definition) is 6. The van der Waals surface area contributed by atoms with Crippen molar-refractivity contribution in [3.63, 3.8) is 0 Å². The quantitative estimate of drug-likeness (QED) is 0.251. The van der Waals surface area contributed by atoms with Gasteiger partial charge in [-0.3, -0.25) is 19.6 Å². The number of nitrogens with zero attached hydrogens (tertiary/aromatic N) is 1. The van der Waals surface area contributed by atoms with Crippen molar-refractivity contribution >= 4 is 44.8 Å². The van der Waals surface area contributed by atoms with Crippen LogP contribution in [0.5, 0.6) is 0 Å². The molecule has 0 fully saturated rings. The van der Waals surface area contributed by atoms with Gasteiger partial charge in [-0.1, -0.05) is 23.9 Å². The molecule has 8 nitrogen and oxygen atoms in total. The van der Waals surface area contributed by atoms with Crippen molar-refractivity contribution in [3.05, 3.63) is 88.0 Å². The summed E-state index contributed by atoms with van der Waals surface area (Å²) in [5.74, 6) is -3.24.